The molecule has 5 heteroatoms. The molecule has 0 bridgehead atoms. The monoisotopic (exact) mass is 293 g/mol. The predicted molar refractivity (Wildman–Crippen MR) is 85.1 cm³/mol. The summed E-state index contributed by atoms with van der Waals surface area (Å²) in [6.45, 7) is 8.35. The van der Waals surface area contributed by atoms with Crippen LogP contribution in [0.3, 0.4) is 0 Å². The summed E-state index contributed by atoms with van der Waals surface area (Å²) < 4.78 is 5.35. The van der Waals surface area contributed by atoms with Gasteiger partial charge in [0, 0.05) is 24.7 Å². The van der Waals surface area contributed by atoms with Crippen molar-refractivity contribution < 1.29 is 9.53 Å². The van der Waals surface area contributed by atoms with E-state index < -0.39 is 0 Å². The number of ether oxygens (including phenoxy) is 1. The highest BCUT2D eigenvalue weighted by atomic mass is 16.5. The van der Waals surface area contributed by atoms with E-state index in [0.717, 1.165) is 23.4 Å². The third-order valence-electron chi connectivity index (χ3n) is 3.24. The lowest BCUT2D eigenvalue weighted by atomic mass is 10.1. The number of nitrogens with one attached hydrogen (secondary N) is 1. The number of carbonyl (C=O) groups excluding carboxylic acids is 1. The summed E-state index contributed by atoms with van der Waals surface area (Å²) in [5.74, 6) is 0.857. The minimum Gasteiger partial charge on any atom is -0.496 e. The molecule has 0 radical (unpaired) electrons. The zero-order valence-corrected chi connectivity index (χ0v) is 13.5. The maximum absolute atomic E-state index is 11.8. The molecule has 0 atom stereocenters. The van der Waals surface area contributed by atoms with Crippen molar-refractivity contribution in [1.29, 1.82) is 0 Å². The number of likely N-dealkylation sites (N-methyl/N-ethyl adjacent to an activating group) is 1. The molecule has 1 aromatic rings. The van der Waals surface area contributed by atoms with Crippen LogP contribution in [0.25, 0.3) is 0 Å². The van der Waals surface area contributed by atoms with E-state index in [1.165, 1.54) is 0 Å². The van der Waals surface area contributed by atoms with Gasteiger partial charge in [0.25, 0.3) is 0 Å². The summed E-state index contributed by atoms with van der Waals surface area (Å²) in [7, 11) is 1.64. The van der Waals surface area contributed by atoms with Gasteiger partial charge in [0.1, 0.15) is 5.75 Å². The first-order valence-corrected chi connectivity index (χ1v) is 7.37. The van der Waals surface area contributed by atoms with Crippen LogP contribution in [-0.4, -0.2) is 37.0 Å². The zero-order valence-electron chi connectivity index (χ0n) is 13.5. The molecule has 118 valence electrons. The molecule has 0 saturated carbocycles. The summed E-state index contributed by atoms with van der Waals surface area (Å²) >= 11 is 0. The third-order valence-corrected chi connectivity index (χ3v) is 3.24. The molecule has 3 N–H and O–H groups in total. The van der Waals surface area contributed by atoms with Crippen molar-refractivity contribution in [2.75, 3.05) is 20.2 Å². The lowest BCUT2D eigenvalue weighted by Crippen LogP contribution is -2.39. The van der Waals surface area contributed by atoms with Gasteiger partial charge in [-0.2, -0.15) is 0 Å². The summed E-state index contributed by atoms with van der Waals surface area (Å²) in [5.41, 5.74) is 7.77. The number of rotatable bonds is 8. The van der Waals surface area contributed by atoms with Crippen molar-refractivity contribution in [1.82, 2.24) is 10.2 Å². The lowest BCUT2D eigenvalue weighted by molar-refractivity contribution is -0.122. The van der Waals surface area contributed by atoms with Crippen molar-refractivity contribution in [2.45, 2.75) is 39.9 Å². The maximum atomic E-state index is 11.8. The maximum Gasteiger partial charge on any atom is 0.234 e. The second-order valence-corrected chi connectivity index (χ2v) is 5.38. The van der Waals surface area contributed by atoms with Gasteiger partial charge < -0.3 is 15.8 Å². The summed E-state index contributed by atoms with van der Waals surface area (Å²) in [5, 5.41) is 2.91. The number of nitrogens with zero attached hydrogens (tertiary/aromatic N) is 1. The minimum atomic E-state index is 0.0531. The van der Waals surface area contributed by atoms with Crippen LogP contribution in [-0.2, 0) is 17.9 Å². The number of carbonyl (C=O) groups is 1. The normalized spacial score (nSPS) is 11.0. The van der Waals surface area contributed by atoms with Crippen LogP contribution in [0.15, 0.2) is 18.2 Å². The Balaban J connectivity index is 2.70. The summed E-state index contributed by atoms with van der Waals surface area (Å²) in [4.78, 5) is 13.9. The summed E-state index contributed by atoms with van der Waals surface area (Å²) in [6.07, 6.45) is 0. The second kappa shape index (κ2) is 8.64. The van der Waals surface area contributed by atoms with Gasteiger partial charge in [0.2, 0.25) is 5.91 Å². The van der Waals surface area contributed by atoms with Gasteiger partial charge in [-0.3, -0.25) is 9.69 Å². The molecule has 0 aliphatic heterocycles. The van der Waals surface area contributed by atoms with Gasteiger partial charge in [-0.05, 0) is 32.0 Å². The minimum absolute atomic E-state index is 0.0531. The molecule has 1 aromatic carbocycles. The highest BCUT2D eigenvalue weighted by molar-refractivity contribution is 5.78. The van der Waals surface area contributed by atoms with Gasteiger partial charge >= 0.3 is 0 Å². The van der Waals surface area contributed by atoms with Crippen molar-refractivity contribution >= 4 is 5.91 Å². The molecule has 1 amide bonds. The quantitative estimate of drug-likeness (QED) is 0.762. The molecule has 5 nitrogen and oxygen atoms in total. The SMILES string of the molecule is CCN(CC(=O)NC(C)C)Cc1ccc(CN)c(OC)c1. The Bertz CT molecular complexity index is 461. The average Bonchev–Trinajstić information content (AvgIpc) is 2.45. The van der Waals surface area contributed by atoms with Crippen LogP contribution in [0.4, 0.5) is 0 Å². The molecule has 0 saturated heterocycles. The Morgan fingerprint density at radius 2 is 2.14 bits per heavy atom. The number of hydrogen-bond donors (Lipinski definition) is 2. The fourth-order valence-electron chi connectivity index (χ4n) is 2.16. The van der Waals surface area contributed by atoms with E-state index in [-0.39, 0.29) is 11.9 Å². The van der Waals surface area contributed by atoms with Gasteiger partial charge in [-0.1, -0.05) is 19.1 Å². The molecule has 1 rings (SSSR count). The smallest absolute Gasteiger partial charge is 0.234 e. The van der Waals surface area contributed by atoms with E-state index >= 15 is 0 Å². The molecule has 0 aromatic heterocycles. The Morgan fingerprint density at radius 3 is 2.67 bits per heavy atom. The highest BCUT2D eigenvalue weighted by Gasteiger charge is 2.11. The molecule has 0 spiro atoms. The zero-order chi connectivity index (χ0) is 15.8. The number of hydrogen-bond acceptors (Lipinski definition) is 4. The van der Waals surface area contributed by atoms with E-state index in [4.69, 9.17) is 10.5 Å². The number of benzene rings is 1. The summed E-state index contributed by atoms with van der Waals surface area (Å²) in [6, 6.07) is 6.18. The second-order valence-electron chi connectivity index (χ2n) is 5.38. The molecule has 0 aliphatic rings. The van der Waals surface area contributed by atoms with E-state index in [1.54, 1.807) is 7.11 Å². The third kappa shape index (κ3) is 5.73. The van der Waals surface area contributed by atoms with Gasteiger partial charge in [0.15, 0.2) is 0 Å². The Kier molecular flexibility index (Phi) is 7.19. The highest BCUT2D eigenvalue weighted by Crippen LogP contribution is 2.20. The van der Waals surface area contributed by atoms with Crippen LogP contribution < -0.4 is 15.8 Å². The van der Waals surface area contributed by atoms with E-state index in [2.05, 4.69) is 10.2 Å². The Hall–Kier alpha value is -1.59. The first-order chi connectivity index (χ1) is 9.99. The van der Waals surface area contributed by atoms with Crippen molar-refractivity contribution in [2.24, 2.45) is 5.73 Å². The molecule has 21 heavy (non-hydrogen) atoms. The van der Waals surface area contributed by atoms with Crippen LogP contribution in [0.5, 0.6) is 5.75 Å². The standard InChI is InChI=1S/C16H27N3O2/c1-5-19(11-16(20)18-12(2)3)10-13-6-7-14(9-17)15(8-13)21-4/h6-8,12H,5,9-11,17H2,1-4H3,(H,18,20). The van der Waals surface area contributed by atoms with E-state index in [1.807, 2.05) is 39.0 Å². The van der Waals surface area contributed by atoms with Crippen LogP contribution in [0, 0.1) is 0 Å². The first-order valence-electron chi connectivity index (χ1n) is 7.37. The van der Waals surface area contributed by atoms with Crippen LogP contribution >= 0.6 is 0 Å². The molecule has 0 aliphatic carbocycles. The molecule has 0 heterocycles. The number of nitrogens with two attached hydrogens (primary N) is 1. The van der Waals surface area contributed by atoms with Crippen LogP contribution in [0.2, 0.25) is 0 Å². The average molecular weight is 293 g/mol. The molecule has 0 unspecified atom stereocenters. The Morgan fingerprint density at radius 1 is 1.43 bits per heavy atom. The topological polar surface area (TPSA) is 67.6 Å². The van der Waals surface area contributed by atoms with Gasteiger partial charge in [-0.15, -0.1) is 0 Å². The van der Waals surface area contributed by atoms with Gasteiger partial charge in [0.05, 0.1) is 13.7 Å². The largest absolute Gasteiger partial charge is 0.496 e. The first kappa shape index (κ1) is 17.5. The van der Waals surface area contributed by atoms with Crippen molar-refractivity contribution in [3.63, 3.8) is 0 Å². The fourth-order valence-corrected chi connectivity index (χ4v) is 2.16. The molecule has 0 fully saturated rings. The van der Waals surface area contributed by atoms with E-state index in [0.29, 0.717) is 19.6 Å². The van der Waals surface area contributed by atoms with Crippen molar-refractivity contribution in [3.05, 3.63) is 29.3 Å². The molecular formula is C16H27N3O2. The van der Waals surface area contributed by atoms with Crippen molar-refractivity contribution in [3.8, 4) is 5.75 Å². The molecular weight excluding hydrogens is 266 g/mol. The fraction of sp³-hybridized carbons (Fsp3) is 0.562. The number of methoxy groups -OCH3 is 1. The lowest BCUT2D eigenvalue weighted by Gasteiger charge is -2.21. The predicted octanol–water partition coefficient (Wildman–Crippen LogP) is 1.50. The Labute approximate surface area is 127 Å². The van der Waals surface area contributed by atoms with Gasteiger partial charge in [-0.25, -0.2) is 0 Å². The van der Waals surface area contributed by atoms with E-state index in [9.17, 15) is 4.79 Å². The van der Waals surface area contributed by atoms with Crippen LogP contribution in [0.1, 0.15) is 31.9 Å². The number of amides is 1.